The number of ketones is 2. The van der Waals surface area contributed by atoms with E-state index in [1.807, 2.05) is 13.0 Å². The van der Waals surface area contributed by atoms with Crippen LogP contribution in [0.2, 0.25) is 0 Å². The summed E-state index contributed by atoms with van der Waals surface area (Å²) in [6, 6.07) is 0. The lowest BCUT2D eigenvalue weighted by Crippen LogP contribution is -2.55. The lowest BCUT2D eigenvalue weighted by Gasteiger charge is -2.54. The van der Waals surface area contributed by atoms with E-state index < -0.39 is 17.0 Å². The van der Waals surface area contributed by atoms with Crippen molar-refractivity contribution in [1.29, 1.82) is 0 Å². The number of rotatable bonds is 3. The molecular formula is C23H30O5. The maximum atomic E-state index is 12.8. The summed E-state index contributed by atoms with van der Waals surface area (Å²) in [4.78, 5) is 35.9. The Bertz CT molecular complexity index is 808. The molecule has 0 heterocycles. The van der Waals surface area contributed by atoms with Crippen LogP contribution in [-0.2, 0) is 19.1 Å². The number of aliphatic hydroxyl groups is 1. The SMILES string of the molecule is CC(=O)OCC(=O)[C@@]1(O)CC[C@H]2[C@@H]3CCC4=CC(=O)CC[C@@]4(C)C3=CC[C@@]21C. The summed E-state index contributed by atoms with van der Waals surface area (Å²) in [5.41, 5.74) is 0.626. The Morgan fingerprint density at radius 1 is 1.21 bits per heavy atom. The van der Waals surface area contributed by atoms with Gasteiger partial charge in [0.05, 0.1) is 0 Å². The van der Waals surface area contributed by atoms with Gasteiger partial charge in [-0.3, -0.25) is 14.4 Å². The topological polar surface area (TPSA) is 80.7 Å². The molecule has 4 rings (SSSR count). The molecule has 5 atom stereocenters. The van der Waals surface area contributed by atoms with Crippen LogP contribution in [0, 0.1) is 22.7 Å². The summed E-state index contributed by atoms with van der Waals surface area (Å²) in [5, 5.41) is 11.4. The molecule has 28 heavy (non-hydrogen) atoms. The van der Waals surface area contributed by atoms with Crippen molar-refractivity contribution in [3.63, 3.8) is 0 Å². The molecule has 0 amide bonds. The summed E-state index contributed by atoms with van der Waals surface area (Å²) in [6.07, 6.45) is 9.31. The maximum Gasteiger partial charge on any atom is 0.303 e. The fourth-order valence-corrected chi connectivity index (χ4v) is 6.61. The van der Waals surface area contributed by atoms with Gasteiger partial charge in [-0.2, -0.15) is 0 Å². The molecule has 0 unspecified atom stereocenters. The number of ether oxygens (including phenoxy) is 1. The first-order chi connectivity index (χ1) is 13.1. The quantitative estimate of drug-likeness (QED) is 0.595. The highest BCUT2D eigenvalue weighted by Crippen LogP contribution is 2.65. The summed E-state index contributed by atoms with van der Waals surface area (Å²) >= 11 is 0. The van der Waals surface area contributed by atoms with Gasteiger partial charge in [0, 0.05) is 24.2 Å². The van der Waals surface area contributed by atoms with Crippen LogP contribution >= 0.6 is 0 Å². The summed E-state index contributed by atoms with van der Waals surface area (Å²) in [7, 11) is 0. The normalized spacial score (nSPS) is 41.9. The number of carbonyl (C=O) groups excluding carboxylic acids is 3. The highest BCUT2D eigenvalue weighted by atomic mass is 16.5. The van der Waals surface area contributed by atoms with E-state index >= 15 is 0 Å². The van der Waals surface area contributed by atoms with Crippen LogP contribution in [0.5, 0.6) is 0 Å². The van der Waals surface area contributed by atoms with Crippen molar-refractivity contribution in [3.05, 3.63) is 23.3 Å². The van der Waals surface area contributed by atoms with Crippen molar-refractivity contribution in [2.24, 2.45) is 22.7 Å². The van der Waals surface area contributed by atoms with E-state index in [0.29, 0.717) is 25.2 Å². The minimum Gasteiger partial charge on any atom is -0.458 e. The van der Waals surface area contributed by atoms with Gasteiger partial charge in [-0.15, -0.1) is 0 Å². The lowest BCUT2D eigenvalue weighted by molar-refractivity contribution is -0.162. The third kappa shape index (κ3) is 2.58. The highest BCUT2D eigenvalue weighted by Gasteiger charge is 2.64. The van der Waals surface area contributed by atoms with E-state index in [-0.39, 0.29) is 29.5 Å². The first-order valence-electron chi connectivity index (χ1n) is 10.5. The number of esters is 1. The van der Waals surface area contributed by atoms with E-state index in [1.165, 1.54) is 18.1 Å². The Balaban J connectivity index is 1.66. The third-order valence-corrected chi connectivity index (χ3v) is 8.36. The molecular weight excluding hydrogens is 356 g/mol. The number of Topliss-reactive ketones (excluding diaryl/α,β-unsaturated/α-hetero) is 1. The predicted molar refractivity (Wildman–Crippen MR) is 103 cm³/mol. The molecule has 2 fully saturated rings. The zero-order valence-electron chi connectivity index (χ0n) is 17.0. The maximum absolute atomic E-state index is 12.8. The van der Waals surface area contributed by atoms with Crippen LogP contribution in [0.3, 0.4) is 0 Å². The molecule has 0 aliphatic heterocycles. The third-order valence-electron chi connectivity index (χ3n) is 8.36. The average Bonchev–Trinajstić information content (AvgIpc) is 2.92. The Morgan fingerprint density at radius 3 is 2.68 bits per heavy atom. The van der Waals surface area contributed by atoms with Crippen LogP contribution in [0.4, 0.5) is 0 Å². The second kappa shape index (κ2) is 6.38. The number of fused-ring (bicyclic) bond motifs is 5. The largest absolute Gasteiger partial charge is 0.458 e. The molecule has 1 N–H and O–H groups in total. The average molecular weight is 386 g/mol. The molecule has 0 bridgehead atoms. The Hall–Kier alpha value is -1.75. The van der Waals surface area contributed by atoms with Gasteiger partial charge in [-0.25, -0.2) is 0 Å². The highest BCUT2D eigenvalue weighted by molar-refractivity contribution is 5.92. The Kier molecular flexibility index (Phi) is 4.46. The summed E-state index contributed by atoms with van der Waals surface area (Å²) in [5.74, 6) is -0.0813. The van der Waals surface area contributed by atoms with Crippen molar-refractivity contribution in [1.82, 2.24) is 0 Å². The van der Waals surface area contributed by atoms with E-state index in [4.69, 9.17) is 4.74 Å². The first-order valence-corrected chi connectivity index (χ1v) is 10.5. The zero-order chi connectivity index (χ0) is 20.3. The van der Waals surface area contributed by atoms with Crippen molar-refractivity contribution >= 4 is 17.5 Å². The second-order valence-corrected chi connectivity index (χ2v) is 9.60. The number of hydrogen-bond donors (Lipinski definition) is 1. The molecule has 0 saturated heterocycles. The molecule has 0 aromatic heterocycles. The monoisotopic (exact) mass is 386 g/mol. The molecule has 0 radical (unpaired) electrons. The van der Waals surface area contributed by atoms with Gasteiger partial charge >= 0.3 is 5.97 Å². The van der Waals surface area contributed by atoms with E-state index in [1.54, 1.807) is 0 Å². The number of carbonyl (C=O) groups is 3. The van der Waals surface area contributed by atoms with Crippen LogP contribution < -0.4 is 0 Å². The number of hydrogen-bond acceptors (Lipinski definition) is 5. The zero-order valence-corrected chi connectivity index (χ0v) is 17.0. The Morgan fingerprint density at radius 2 is 1.96 bits per heavy atom. The van der Waals surface area contributed by atoms with E-state index in [9.17, 15) is 19.5 Å². The minimum absolute atomic E-state index is 0.0549. The summed E-state index contributed by atoms with van der Waals surface area (Å²) < 4.78 is 4.91. The molecule has 0 aromatic rings. The minimum atomic E-state index is -1.45. The van der Waals surface area contributed by atoms with Crippen LogP contribution in [0.15, 0.2) is 23.3 Å². The van der Waals surface area contributed by atoms with Crippen LogP contribution in [0.1, 0.15) is 65.7 Å². The second-order valence-electron chi connectivity index (χ2n) is 9.60. The van der Waals surface area contributed by atoms with Gasteiger partial charge in [0.25, 0.3) is 0 Å². The lowest BCUT2D eigenvalue weighted by atomic mass is 9.50. The molecule has 5 heteroatoms. The molecule has 0 aromatic carbocycles. The van der Waals surface area contributed by atoms with Crippen LogP contribution in [0.25, 0.3) is 0 Å². The molecule has 152 valence electrons. The van der Waals surface area contributed by atoms with Crippen molar-refractivity contribution < 1.29 is 24.2 Å². The van der Waals surface area contributed by atoms with Gasteiger partial charge in [-0.05, 0) is 56.4 Å². The van der Waals surface area contributed by atoms with Gasteiger partial charge in [0.1, 0.15) is 5.60 Å². The first kappa shape index (κ1) is 19.6. The standard InChI is InChI=1S/C23H30O5/c1-14(24)28-13-20(26)23(27)11-8-19-17-5-4-15-12-16(25)6-9-21(15,2)18(17)7-10-22(19,23)3/h7,12,17,19,27H,4-6,8-11,13H2,1-3H3/t17-,19+,21-,22+,23+/m1/s1. The fourth-order valence-electron chi connectivity index (χ4n) is 6.61. The molecule has 5 nitrogen and oxygen atoms in total. The molecule has 4 aliphatic rings. The summed E-state index contributed by atoms with van der Waals surface area (Å²) in [6.45, 7) is 5.21. The van der Waals surface area contributed by atoms with Crippen LogP contribution in [-0.4, -0.2) is 34.9 Å². The van der Waals surface area contributed by atoms with Crippen molar-refractivity contribution in [3.8, 4) is 0 Å². The fraction of sp³-hybridized carbons (Fsp3) is 0.696. The van der Waals surface area contributed by atoms with Gasteiger partial charge in [-0.1, -0.05) is 31.1 Å². The van der Waals surface area contributed by atoms with Gasteiger partial charge < -0.3 is 9.84 Å². The predicted octanol–water partition coefficient (Wildman–Crippen LogP) is 3.30. The van der Waals surface area contributed by atoms with E-state index in [0.717, 1.165) is 25.7 Å². The molecule has 4 aliphatic carbocycles. The van der Waals surface area contributed by atoms with Crippen molar-refractivity contribution in [2.75, 3.05) is 6.61 Å². The Labute approximate surface area is 166 Å². The van der Waals surface area contributed by atoms with Gasteiger partial charge in [0.15, 0.2) is 12.4 Å². The smallest absolute Gasteiger partial charge is 0.303 e. The van der Waals surface area contributed by atoms with Crippen molar-refractivity contribution in [2.45, 2.75) is 71.3 Å². The molecule has 2 saturated carbocycles. The van der Waals surface area contributed by atoms with E-state index in [2.05, 4.69) is 13.0 Å². The molecule has 0 spiro atoms. The van der Waals surface area contributed by atoms with Gasteiger partial charge in [0.2, 0.25) is 5.78 Å². The number of allylic oxidation sites excluding steroid dienone is 4.